The van der Waals surface area contributed by atoms with Crippen molar-refractivity contribution in [3.05, 3.63) is 90.0 Å². The van der Waals surface area contributed by atoms with Crippen molar-refractivity contribution in [3.63, 3.8) is 0 Å². The van der Waals surface area contributed by atoms with Gasteiger partial charge in [-0.25, -0.2) is 9.59 Å². The van der Waals surface area contributed by atoms with Crippen molar-refractivity contribution in [2.24, 2.45) is 20.5 Å². The van der Waals surface area contributed by atoms with Crippen LogP contribution < -0.4 is 11.9 Å². The maximum atomic E-state index is 12.1. The van der Waals surface area contributed by atoms with Gasteiger partial charge in [0.15, 0.2) is 5.75 Å². The van der Waals surface area contributed by atoms with Gasteiger partial charge in [-0.2, -0.15) is 13.5 Å². The molecule has 0 fully saturated rings. The van der Waals surface area contributed by atoms with Crippen LogP contribution in [0.4, 0.5) is 28.4 Å². The van der Waals surface area contributed by atoms with E-state index < -0.39 is 38.4 Å². The summed E-state index contributed by atoms with van der Waals surface area (Å²) in [7, 11) is -4.81. The van der Waals surface area contributed by atoms with Crippen LogP contribution in [-0.4, -0.2) is 40.2 Å². The van der Waals surface area contributed by atoms with E-state index >= 15 is 0 Å². The molecule has 0 amide bonds. The van der Waals surface area contributed by atoms with E-state index in [4.69, 9.17) is 5.73 Å². The number of quaternary nitrogens is 1. The van der Waals surface area contributed by atoms with Gasteiger partial charge in [0.2, 0.25) is 0 Å². The maximum Gasteiger partial charge on any atom is 0.335 e. The number of hydrogen-bond acceptors (Lipinski definition) is 10. The number of nitrogens with two attached hydrogens (primary N) is 1. The Kier molecular flexibility index (Phi) is 8.15. The minimum absolute atomic E-state index is 0. The van der Waals surface area contributed by atoms with Crippen LogP contribution in [0.5, 0.6) is 5.75 Å². The van der Waals surface area contributed by atoms with Gasteiger partial charge in [-0.3, -0.25) is 4.55 Å². The number of anilines is 1. The zero-order valence-electron chi connectivity index (χ0n) is 22.2. The smallest absolute Gasteiger partial charge is 0.335 e. The topological polar surface area (TPSA) is 261 Å². The summed E-state index contributed by atoms with van der Waals surface area (Å²) in [5.41, 5.74) is 5.67. The average Bonchev–Trinajstić information content (AvgIpc) is 2.95. The van der Waals surface area contributed by atoms with Gasteiger partial charge in [0.25, 0.3) is 10.1 Å². The number of carboxylic acids is 2. The van der Waals surface area contributed by atoms with Gasteiger partial charge in [-0.15, -0.1) is 15.3 Å². The molecule has 0 spiro atoms. The molecule has 0 radical (unpaired) electrons. The molecule has 15 heteroatoms. The minimum Gasteiger partial charge on any atom is -0.505 e. The highest BCUT2D eigenvalue weighted by Crippen LogP contribution is 2.43. The second kappa shape index (κ2) is 11.6. The number of hydrogen-bond donors (Lipinski definition) is 6. The van der Waals surface area contributed by atoms with Gasteiger partial charge in [-0.05, 0) is 53.9 Å². The molecular formula is C28H23N6O8S+. The Morgan fingerprint density at radius 3 is 1.79 bits per heavy atom. The normalized spacial score (nSPS) is 11.7. The van der Waals surface area contributed by atoms with E-state index in [0.29, 0.717) is 27.5 Å². The highest BCUT2D eigenvalue weighted by molar-refractivity contribution is 7.86. The van der Waals surface area contributed by atoms with Gasteiger partial charge in [0.1, 0.15) is 10.6 Å². The molecule has 0 aromatic heterocycles. The number of phenolic OH excluding ortho intramolecular Hbond substituents is 1. The summed E-state index contributed by atoms with van der Waals surface area (Å²) in [5, 5.41) is 47.3. The number of azo groups is 2. The Hall–Kier alpha value is -5.77. The molecule has 5 aromatic rings. The van der Waals surface area contributed by atoms with E-state index in [9.17, 15) is 37.9 Å². The minimum atomic E-state index is -4.81. The fourth-order valence-corrected chi connectivity index (χ4v) is 4.88. The predicted molar refractivity (Wildman–Crippen MR) is 158 cm³/mol. The number of carbonyl (C=O) groups is 2. The summed E-state index contributed by atoms with van der Waals surface area (Å²) in [6, 6.07) is 18.8. The number of aromatic hydroxyl groups is 1. The molecule has 0 saturated carbocycles. The average molecular weight is 604 g/mol. The Morgan fingerprint density at radius 2 is 1.26 bits per heavy atom. The van der Waals surface area contributed by atoms with E-state index in [1.165, 1.54) is 42.5 Å². The third-order valence-corrected chi connectivity index (χ3v) is 7.04. The van der Waals surface area contributed by atoms with Crippen LogP contribution in [-0.2, 0) is 10.1 Å². The molecule has 14 nitrogen and oxygen atoms in total. The summed E-state index contributed by atoms with van der Waals surface area (Å²) in [4.78, 5) is 22.2. The Balaban J connectivity index is 0.00000423. The Morgan fingerprint density at radius 1 is 0.698 bits per heavy atom. The van der Waals surface area contributed by atoms with Crippen molar-refractivity contribution in [3.8, 4) is 5.75 Å². The Bertz CT molecular complexity index is 2080. The third kappa shape index (κ3) is 6.13. The van der Waals surface area contributed by atoms with Crippen molar-refractivity contribution in [2.45, 2.75) is 4.90 Å². The first-order valence-electron chi connectivity index (χ1n) is 11.9. The monoisotopic (exact) mass is 603 g/mol. The fraction of sp³-hybridized carbons (Fsp3) is 0. The quantitative estimate of drug-likeness (QED) is 0.0626. The van der Waals surface area contributed by atoms with Crippen LogP contribution in [0, 0.1) is 0 Å². The highest BCUT2D eigenvalue weighted by Gasteiger charge is 2.22. The molecule has 0 aliphatic carbocycles. The summed E-state index contributed by atoms with van der Waals surface area (Å²) in [5.74, 6) is -3.20. The van der Waals surface area contributed by atoms with E-state index in [-0.39, 0.29) is 34.0 Å². The van der Waals surface area contributed by atoms with Crippen molar-refractivity contribution >= 4 is 72.0 Å². The van der Waals surface area contributed by atoms with Gasteiger partial charge in [-0.1, -0.05) is 30.3 Å². The molecule has 0 bridgehead atoms. The fourth-order valence-electron chi connectivity index (χ4n) is 4.22. The van der Waals surface area contributed by atoms with Gasteiger partial charge >= 0.3 is 11.9 Å². The van der Waals surface area contributed by atoms with E-state index in [1.54, 1.807) is 24.3 Å². The number of fused-ring (bicyclic) bond motifs is 2. The number of aromatic carboxylic acids is 2. The number of benzene rings is 5. The first-order chi connectivity index (χ1) is 19.9. The number of phenols is 1. The molecule has 0 atom stereocenters. The number of carboxylic acid groups (broad SMARTS) is 2. The molecule has 0 heterocycles. The lowest BCUT2D eigenvalue weighted by atomic mass is 10.1. The largest absolute Gasteiger partial charge is 0.505 e. The lowest BCUT2D eigenvalue weighted by Crippen LogP contribution is -2.01. The molecule has 218 valence electrons. The third-order valence-electron chi connectivity index (χ3n) is 6.18. The number of nitrogens with zero attached hydrogens (tertiary/aromatic N) is 4. The Labute approximate surface area is 242 Å². The second-order valence-corrected chi connectivity index (χ2v) is 10.3. The first kappa shape index (κ1) is 30.2. The highest BCUT2D eigenvalue weighted by atomic mass is 32.2. The zero-order valence-corrected chi connectivity index (χ0v) is 23.0. The van der Waals surface area contributed by atoms with Crippen LogP contribution in [0.3, 0.4) is 0 Å². The number of rotatable bonds is 7. The van der Waals surface area contributed by atoms with Crippen LogP contribution in [0.15, 0.2) is 104 Å². The maximum absolute atomic E-state index is 12.1. The molecule has 5 aromatic carbocycles. The predicted octanol–water partition coefficient (Wildman–Crippen LogP) is 7.13. The van der Waals surface area contributed by atoms with Gasteiger partial charge in [0, 0.05) is 21.8 Å². The van der Waals surface area contributed by atoms with Gasteiger partial charge in [0.05, 0.1) is 28.2 Å². The van der Waals surface area contributed by atoms with Crippen molar-refractivity contribution < 1.29 is 37.9 Å². The zero-order chi connectivity index (χ0) is 30.2. The summed E-state index contributed by atoms with van der Waals surface area (Å²) in [6.45, 7) is 0. The van der Waals surface area contributed by atoms with E-state index in [2.05, 4.69) is 20.5 Å². The SMILES string of the molecule is Nc1ccc2cc(S(=O)(=O)O)c(N=Nc3ccc(N=Nc4cc(C(=O)O)cc(C(=O)O)c4)c4ccccc34)c(O)c2c1.[NH4+]. The van der Waals surface area contributed by atoms with Crippen LogP contribution in [0.2, 0.25) is 0 Å². The van der Waals surface area contributed by atoms with Crippen LogP contribution >= 0.6 is 0 Å². The van der Waals surface area contributed by atoms with Crippen molar-refractivity contribution in [2.75, 3.05) is 5.73 Å². The van der Waals surface area contributed by atoms with Crippen LogP contribution in [0.25, 0.3) is 21.5 Å². The molecule has 0 unspecified atom stereocenters. The molecule has 43 heavy (non-hydrogen) atoms. The molecule has 0 aliphatic rings. The molecule has 0 saturated heterocycles. The first-order valence-corrected chi connectivity index (χ1v) is 13.4. The summed E-state index contributed by atoms with van der Waals surface area (Å²) < 4.78 is 34.0. The van der Waals surface area contributed by atoms with Crippen LogP contribution in [0.1, 0.15) is 20.7 Å². The lowest BCUT2D eigenvalue weighted by molar-refractivity contribution is 0.0696. The standard InChI is InChI=1S/C28H19N5O8S.H3N/c29-17-6-5-14-12-24(42(39,40)41)25(26(34)21(14)13-17)33-32-23-8-7-22(19-3-1-2-4-20(19)23)31-30-18-10-15(27(35)36)9-16(11-18)28(37)38;/h1-13,34H,29H2,(H,35,36)(H,37,38)(H,39,40,41);1H3/p+1. The molecular weight excluding hydrogens is 580 g/mol. The number of nitrogen functional groups attached to an aromatic ring is 1. The van der Waals surface area contributed by atoms with Gasteiger partial charge < -0.3 is 27.2 Å². The summed E-state index contributed by atoms with van der Waals surface area (Å²) >= 11 is 0. The van der Waals surface area contributed by atoms with E-state index in [0.717, 1.165) is 12.1 Å². The van der Waals surface area contributed by atoms with Crippen molar-refractivity contribution in [1.82, 2.24) is 6.15 Å². The van der Waals surface area contributed by atoms with Crippen molar-refractivity contribution in [1.29, 1.82) is 0 Å². The second-order valence-electron chi connectivity index (χ2n) is 8.96. The van der Waals surface area contributed by atoms with E-state index in [1.807, 2.05) is 0 Å². The molecule has 10 N–H and O–H groups in total. The lowest BCUT2D eigenvalue weighted by Gasteiger charge is -2.09. The molecule has 5 rings (SSSR count). The summed E-state index contributed by atoms with van der Waals surface area (Å²) in [6.07, 6.45) is 0. The molecule has 0 aliphatic heterocycles.